The van der Waals surface area contributed by atoms with Crippen LogP contribution in [0.4, 0.5) is 0 Å². The Labute approximate surface area is 290 Å². The largest absolute Gasteiger partial charge is 3.00 e. The van der Waals surface area contributed by atoms with E-state index >= 15 is 0 Å². The Morgan fingerprint density at radius 2 is 0.361 bits per heavy atom. The minimum absolute atomic E-state index is 0. The first-order chi connectivity index (χ1) is 12.1. The van der Waals surface area contributed by atoms with Gasteiger partial charge in [0.1, 0.15) is 0 Å². The van der Waals surface area contributed by atoms with Gasteiger partial charge in [0.05, 0.1) is 0 Å². The molecule has 0 rings (SSSR count). The van der Waals surface area contributed by atoms with Crippen LogP contribution in [0.2, 0.25) is 0 Å². The first kappa shape index (κ1) is 99.0. The molecular weight excluding hydrogens is 961 g/mol. The average molecular weight is 969 g/mol. The van der Waals surface area contributed by atoms with Crippen LogP contribution >= 0.6 is 0 Å². The summed E-state index contributed by atoms with van der Waals surface area (Å²) in [6.45, 7) is 0. The van der Waals surface area contributed by atoms with Crippen LogP contribution < -0.4 is 69.8 Å². The van der Waals surface area contributed by atoms with Crippen LogP contribution in [0.25, 0.3) is 0 Å². The summed E-state index contributed by atoms with van der Waals surface area (Å²) in [6, 6.07) is 0. The van der Waals surface area contributed by atoms with Crippen LogP contribution in [0.3, 0.4) is 0 Å². The van der Waals surface area contributed by atoms with Crippen molar-refractivity contribution >= 4 is 98.9 Å². The third-order valence-electron chi connectivity index (χ3n) is 0. The molecule has 0 saturated carbocycles. The molecule has 0 bridgehead atoms. The van der Waals surface area contributed by atoms with Gasteiger partial charge in [-0.05, 0) is 0 Å². The number of rotatable bonds is 0. The zero-order chi connectivity index (χ0) is 25.0. The summed E-state index contributed by atoms with van der Waals surface area (Å²) < 4.78 is 59.9. The molecule has 8 N–H and O–H groups in total. The molecule has 0 aliphatic heterocycles. The van der Waals surface area contributed by atoms with Crippen LogP contribution in [-0.2, 0) is 115 Å². The van der Waals surface area contributed by atoms with E-state index in [4.69, 9.17) is 98.4 Å². The first-order valence-electron chi connectivity index (χ1n) is 4.33. The van der Waals surface area contributed by atoms with E-state index in [-0.39, 0.29) is 131 Å². The van der Waals surface area contributed by atoms with Gasteiger partial charge in [-0.2, -0.15) is 0 Å². The minimum atomic E-state index is -3.63. The van der Waals surface area contributed by atoms with Gasteiger partial charge in [-0.25, -0.2) is 0 Å². The SMILES string of the molecule is N.N.O=[Si](O)O.O=[Si]([O-])[O-].O=[Si]([O-])[O-].O=[Si]([O-])[O-].O=[Si]([O-])[O-].O=[Si]([O-])[O-].O=[Si]([O-])[O-].[Ag+].[Ag+].[Al+3].[Al+3].[Zn+2].[Zn+2]. The second-order valence-corrected chi connectivity index (χ2v) is 5.35. The van der Waals surface area contributed by atoms with Crippen molar-refractivity contribution in [2.24, 2.45) is 0 Å². The molecule has 0 aliphatic carbocycles. The van der Waals surface area contributed by atoms with E-state index in [2.05, 4.69) is 0 Å². The van der Waals surface area contributed by atoms with Crippen LogP contribution in [0.15, 0.2) is 0 Å². The number of hydrogen-bond acceptors (Lipinski definition) is 21. The maximum atomic E-state index is 8.74. The fraction of sp³-hybridized carbons (Fsp3) is 0. The van der Waals surface area contributed by atoms with Crippen molar-refractivity contribution < 1.29 is 182 Å². The van der Waals surface area contributed by atoms with E-state index in [1.165, 1.54) is 0 Å². The summed E-state index contributed by atoms with van der Waals surface area (Å²) in [6.07, 6.45) is 0. The summed E-state index contributed by atoms with van der Waals surface area (Å²) in [5.74, 6) is 0. The van der Waals surface area contributed by atoms with E-state index < -0.39 is 64.2 Å². The molecular formula is H8Ag2Al2N2O21Si7Zn2. The molecule has 0 aromatic carbocycles. The van der Waals surface area contributed by atoms with Crippen molar-refractivity contribution in [1.82, 2.24) is 12.3 Å². The first-order valence-corrected chi connectivity index (χ1v) is 13.0. The van der Waals surface area contributed by atoms with Crippen molar-refractivity contribution in [3.8, 4) is 0 Å². The topological polar surface area (TPSA) is 507 Å². The van der Waals surface area contributed by atoms with Crippen molar-refractivity contribution in [2.45, 2.75) is 0 Å². The summed E-state index contributed by atoms with van der Waals surface area (Å²) in [5.41, 5.74) is 0. The normalized spacial score (nSPS) is 4.67. The predicted molar refractivity (Wildman–Crippen MR) is 71.1 cm³/mol. The zero-order valence-corrected chi connectivity index (χ0v) is 34.9. The van der Waals surface area contributed by atoms with E-state index in [9.17, 15) is 0 Å². The molecule has 0 atom stereocenters. The van der Waals surface area contributed by atoms with Gasteiger partial charge in [0.25, 0.3) is 0 Å². The second kappa shape index (κ2) is 91.1. The van der Waals surface area contributed by atoms with Crippen molar-refractivity contribution in [3.05, 3.63) is 0 Å². The van der Waals surface area contributed by atoms with Crippen molar-refractivity contribution in [2.75, 3.05) is 0 Å². The monoisotopic (exact) mass is 963 g/mol. The van der Waals surface area contributed by atoms with E-state index in [1.54, 1.807) is 0 Å². The zero-order valence-electron chi connectivity index (χ0n) is 16.7. The Morgan fingerprint density at radius 1 is 0.361 bits per heavy atom. The standard InChI is InChI=1S/2Ag.2Al.2H3N.H2O3Si.6O3Si.2Zn/c;;;;;;7*1-4(2)3;;/h;;;;2*1H3;1-2H;;;;;;;;/q2*+1;2*+3;;;;6*-2;2*+2. The molecule has 0 spiro atoms. The molecule has 0 aromatic rings. The molecule has 36 heavy (non-hydrogen) atoms. The van der Waals surface area contributed by atoms with Gasteiger partial charge < -0.3 is 106 Å². The van der Waals surface area contributed by atoms with Crippen molar-refractivity contribution in [1.29, 1.82) is 0 Å². The van der Waals surface area contributed by atoms with Gasteiger partial charge in [0.2, 0.25) is 0 Å². The van der Waals surface area contributed by atoms with Gasteiger partial charge >= 0.3 is 128 Å². The fourth-order valence-electron chi connectivity index (χ4n) is 0. The maximum Gasteiger partial charge on any atom is 3.00 e. The molecule has 0 aromatic heterocycles. The van der Waals surface area contributed by atoms with E-state index in [0.717, 1.165) is 0 Å². The van der Waals surface area contributed by atoms with Crippen LogP contribution in [0.5, 0.6) is 0 Å². The molecule has 0 amide bonds. The molecule has 36 heteroatoms. The molecule has 23 nitrogen and oxygen atoms in total. The Hall–Kier alpha value is 1.03. The average Bonchev–Trinajstić information content (AvgIpc) is 2.20. The Kier molecular flexibility index (Phi) is 251. The summed E-state index contributed by atoms with van der Waals surface area (Å²) in [5, 5.41) is 0. The van der Waals surface area contributed by atoms with Crippen LogP contribution in [0.1, 0.15) is 0 Å². The van der Waals surface area contributed by atoms with Gasteiger partial charge in [-0.3, -0.25) is 4.46 Å². The minimum Gasteiger partial charge on any atom is -0.672 e. The van der Waals surface area contributed by atoms with Crippen molar-refractivity contribution in [3.63, 3.8) is 0 Å². The Morgan fingerprint density at radius 3 is 0.361 bits per heavy atom. The maximum absolute atomic E-state index is 8.74. The van der Waals surface area contributed by atoms with Gasteiger partial charge in [-0.15, -0.1) is 0 Å². The molecule has 204 valence electrons. The summed E-state index contributed by atoms with van der Waals surface area (Å²) >= 11 is 0. The second-order valence-electron chi connectivity index (χ2n) is 1.78. The molecule has 0 fully saturated rings. The molecule has 0 saturated heterocycles. The summed E-state index contributed by atoms with van der Waals surface area (Å²) in [4.78, 5) is 117. The van der Waals surface area contributed by atoms with Gasteiger partial charge in [0.15, 0.2) is 0 Å². The summed E-state index contributed by atoms with van der Waals surface area (Å²) in [7, 11) is -24.9. The van der Waals surface area contributed by atoms with Gasteiger partial charge in [-0.1, -0.05) is 0 Å². The smallest absolute Gasteiger partial charge is 0.672 e. The number of hydrogen-bond donors (Lipinski definition) is 4. The van der Waals surface area contributed by atoms with Crippen LogP contribution in [-0.4, -0.2) is 109 Å². The molecule has 0 radical (unpaired) electrons. The van der Waals surface area contributed by atoms with E-state index in [1.807, 2.05) is 0 Å². The molecule has 0 heterocycles. The molecule has 0 aliphatic rings. The Bertz CT molecular complexity index is 345. The van der Waals surface area contributed by atoms with Crippen LogP contribution in [0, 0.1) is 0 Å². The molecule has 0 unspecified atom stereocenters. The fourth-order valence-corrected chi connectivity index (χ4v) is 0. The third-order valence-corrected chi connectivity index (χ3v) is 0. The third kappa shape index (κ3) is 38200. The van der Waals surface area contributed by atoms with E-state index in [0.29, 0.717) is 0 Å². The van der Waals surface area contributed by atoms with Gasteiger partial charge in [0, 0.05) is 55.0 Å². The Balaban J connectivity index is -0.0000000106. The predicted octanol–water partition coefficient (Wildman–Crippen LogP) is -19.3. The quantitative estimate of drug-likeness (QED) is 0.164.